The Kier molecular flexibility index (Phi) is 3.71. The van der Waals surface area contributed by atoms with Gasteiger partial charge in [0.15, 0.2) is 6.29 Å². The van der Waals surface area contributed by atoms with Crippen LogP contribution < -0.4 is 5.73 Å². The van der Waals surface area contributed by atoms with E-state index in [-0.39, 0.29) is 6.54 Å². The fourth-order valence-electron chi connectivity index (χ4n) is 1.85. The lowest BCUT2D eigenvalue weighted by Crippen LogP contribution is -2.21. The minimum atomic E-state index is -1.06. The Morgan fingerprint density at radius 2 is 2.28 bits per heavy atom. The monoisotopic (exact) mass is 249 g/mol. The van der Waals surface area contributed by atoms with Crippen LogP contribution in [0.25, 0.3) is 11.0 Å². The third kappa shape index (κ3) is 2.26. The molecule has 0 saturated carbocycles. The Bertz CT molecular complexity index is 552. The molecule has 6 nitrogen and oxygen atoms in total. The van der Waals surface area contributed by atoms with Crippen molar-refractivity contribution in [2.45, 2.75) is 18.6 Å². The number of aliphatic hydroxyl groups is 2. The second-order valence-electron chi connectivity index (χ2n) is 4.12. The molecule has 18 heavy (non-hydrogen) atoms. The smallest absolute Gasteiger partial charge is 0.152 e. The number of hydrogen-bond acceptors (Lipinski definition) is 5. The second-order valence-corrected chi connectivity index (χ2v) is 4.12. The molecule has 5 N–H and O–H groups in total. The van der Waals surface area contributed by atoms with Crippen LogP contribution in [0.1, 0.15) is 28.4 Å². The van der Waals surface area contributed by atoms with Crippen LogP contribution in [0, 0.1) is 0 Å². The van der Waals surface area contributed by atoms with Crippen molar-refractivity contribution >= 4 is 17.3 Å². The third-order valence-corrected chi connectivity index (χ3v) is 2.88. The highest BCUT2D eigenvalue weighted by molar-refractivity contribution is 5.95. The maximum Gasteiger partial charge on any atom is 0.152 e. The van der Waals surface area contributed by atoms with Gasteiger partial charge in [0.1, 0.15) is 11.8 Å². The van der Waals surface area contributed by atoms with Gasteiger partial charge in [-0.1, -0.05) is 0 Å². The van der Waals surface area contributed by atoms with Crippen LogP contribution in [0.5, 0.6) is 0 Å². The van der Waals surface area contributed by atoms with Gasteiger partial charge in [0.05, 0.1) is 6.10 Å². The van der Waals surface area contributed by atoms with Crippen molar-refractivity contribution in [3.8, 4) is 0 Å². The zero-order valence-corrected chi connectivity index (χ0v) is 9.71. The number of nitrogens with zero attached hydrogens (tertiary/aromatic N) is 1. The molecule has 2 unspecified atom stereocenters. The first kappa shape index (κ1) is 12.7. The fraction of sp³-hybridized carbons (Fsp3) is 0.333. The summed E-state index contributed by atoms with van der Waals surface area (Å²) in [6.45, 7) is 0.289. The Morgan fingerprint density at radius 1 is 1.50 bits per heavy atom. The first-order chi connectivity index (χ1) is 8.67. The van der Waals surface area contributed by atoms with Crippen LogP contribution >= 0.6 is 0 Å². The lowest BCUT2D eigenvalue weighted by Gasteiger charge is -2.17. The van der Waals surface area contributed by atoms with Crippen molar-refractivity contribution in [1.29, 1.82) is 0 Å². The van der Waals surface area contributed by atoms with E-state index < -0.39 is 12.2 Å². The van der Waals surface area contributed by atoms with E-state index >= 15 is 0 Å². The summed E-state index contributed by atoms with van der Waals surface area (Å²) >= 11 is 0. The van der Waals surface area contributed by atoms with E-state index in [1.165, 1.54) is 6.20 Å². The molecule has 6 heteroatoms. The Balaban J connectivity index is 2.36. The van der Waals surface area contributed by atoms with E-state index in [4.69, 9.17) is 5.73 Å². The van der Waals surface area contributed by atoms with Crippen LogP contribution in [-0.2, 0) is 0 Å². The Hall–Kier alpha value is -1.76. The van der Waals surface area contributed by atoms with Gasteiger partial charge in [-0.3, -0.25) is 4.79 Å². The number of carbonyl (C=O) groups excluding carboxylic acids is 1. The molecule has 96 valence electrons. The van der Waals surface area contributed by atoms with Gasteiger partial charge in [-0.2, -0.15) is 0 Å². The largest absolute Gasteiger partial charge is 0.390 e. The summed E-state index contributed by atoms with van der Waals surface area (Å²) in [6.07, 6.45) is 2.04. The van der Waals surface area contributed by atoms with Gasteiger partial charge in [-0.05, 0) is 19.0 Å². The van der Waals surface area contributed by atoms with Crippen molar-refractivity contribution in [2.75, 3.05) is 6.54 Å². The van der Waals surface area contributed by atoms with Crippen molar-refractivity contribution in [2.24, 2.45) is 5.73 Å². The summed E-state index contributed by atoms with van der Waals surface area (Å²) in [7, 11) is 0. The summed E-state index contributed by atoms with van der Waals surface area (Å²) < 4.78 is 0. The average Bonchev–Trinajstić information content (AvgIpc) is 2.80. The Labute approximate surface area is 103 Å². The number of nitrogens with two attached hydrogens (primary N) is 1. The molecule has 0 amide bonds. The van der Waals surface area contributed by atoms with Crippen LogP contribution in [0.3, 0.4) is 0 Å². The summed E-state index contributed by atoms with van der Waals surface area (Å²) in [5.74, 6) is 0. The number of aldehydes is 1. The second kappa shape index (κ2) is 5.26. The molecule has 2 atom stereocenters. The normalized spacial score (nSPS) is 14.6. The molecule has 2 heterocycles. The van der Waals surface area contributed by atoms with Gasteiger partial charge >= 0.3 is 0 Å². The first-order valence-electron chi connectivity index (χ1n) is 5.65. The molecule has 0 fully saturated rings. The van der Waals surface area contributed by atoms with Crippen molar-refractivity contribution in [1.82, 2.24) is 9.97 Å². The predicted molar refractivity (Wildman–Crippen MR) is 66.1 cm³/mol. The molecule has 0 bridgehead atoms. The lowest BCUT2D eigenvalue weighted by atomic mass is 10.0. The molecule has 0 aliphatic rings. The number of pyridine rings is 1. The summed E-state index contributed by atoms with van der Waals surface area (Å²) in [6, 6.07) is 1.65. The number of hydrogen-bond donors (Lipinski definition) is 4. The van der Waals surface area contributed by atoms with Crippen molar-refractivity contribution < 1.29 is 15.0 Å². The third-order valence-electron chi connectivity index (χ3n) is 2.88. The molecule has 0 spiro atoms. The minimum absolute atomic E-state index is 0.289. The molecule has 2 aromatic heterocycles. The van der Waals surface area contributed by atoms with E-state index in [1.807, 2.05) is 0 Å². The van der Waals surface area contributed by atoms with Gasteiger partial charge in [-0.25, -0.2) is 4.98 Å². The molecule has 0 aliphatic carbocycles. The Morgan fingerprint density at radius 3 is 2.94 bits per heavy atom. The number of fused-ring (bicyclic) bond motifs is 1. The maximum atomic E-state index is 10.8. The topological polar surface area (TPSA) is 112 Å². The van der Waals surface area contributed by atoms with Crippen LogP contribution in [0.2, 0.25) is 0 Å². The van der Waals surface area contributed by atoms with E-state index in [0.29, 0.717) is 34.9 Å². The fourth-order valence-corrected chi connectivity index (χ4v) is 1.85. The molecule has 2 rings (SSSR count). The van der Waals surface area contributed by atoms with Crippen LogP contribution in [0.4, 0.5) is 0 Å². The van der Waals surface area contributed by atoms with E-state index in [1.54, 1.807) is 12.3 Å². The van der Waals surface area contributed by atoms with E-state index in [2.05, 4.69) is 9.97 Å². The molecule has 0 saturated heterocycles. The minimum Gasteiger partial charge on any atom is -0.390 e. The zero-order valence-electron chi connectivity index (χ0n) is 9.71. The quantitative estimate of drug-likeness (QED) is 0.562. The van der Waals surface area contributed by atoms with Gasteiger partial charge in [0.2, 0.25) is 0 Å². The maximum absolute atomic E-state index is 10.8. The van der Waals surface area contributed by atoms with Crippen molar-refractivity contribution in [3.63, 3.8) is 0 Å². The van der Waals surface area contributed by atoms with Gasteiger partial charge in [0, 0.05) is 28.9 Å². The lowest BCUT2D eigenvalue weighted by molar-refractivity contribution is 0.0149. The predicted octanol–water partition coefficient (Wildman–Crippen LogP) is 0.118. The van der Waals surface area contributed by atoms with Crippen LogP contribution in [0.15, 0.2) is 18.5 Å². The number of aromatic nitrogens is 2. The average molecular weight is 249 g/mol. The number of nitrogens with one attached hydrogen (secondary N) is 1. The van der Waals surface area contributed by atoms with Gasteiger partial charge in [0.25, 0.3) is 0 Å². The molecule has 2 aromatic rings. The summed E-state index contributed by atoms with van der Waals surface area (Å²) in [5.41, 5.74) is 6.83. The summed E-state index contributed by atoms with van der Waals surface area (Å²) in [5, 5.41) is 20.2. The molecular formula is C12H15N3O3. The number of carbonyl (C=O) groups is 1. The first-order valence-corrected chi connectivity index (χ1v) is 5.65. The standard InChI is InChI=1S/C12H15N3O3/c13-2-1-10(17)11(18)7-3-9-8(6-16)5-15-12(9)14-4-7/h3-6,10-11,17-18H,1-2,13H2,(H,14,15). The van der Waals surface area contributed by atoms with E-state index in [9.17, 15) is 15.0 Å². The molecular weight excluding hydrogens is 234 g/mol. The number of rotatable bonds is 5. The van der Waals surface area contributed by atoms with Gasteiger partial charge < -0.3 is 20.9 Å². The number of H-pyrrole nitrogens is 1. The number of aromatic amines is 1. The van der Waals surface area contributed by atoms with E-state index in [0.717, 1.165) is 0 Å². The van der Waals surface area contributed by atoms with Crippen LogP contribution in [-0.4, -0.2) is 39.1 Å². The highest BCUT2D eigenvalue weighted by Crippen LogP contribution is 2.23. The summed E-state index contributed by atoms with van der Waals surface area (Å²) in [4.78, 5) is 17.8. The SMILES string of the molecule is NCCC(O)C(O)c1cnc2[nH]cc(C=O)c2c1. The molecule has 0 radical (unpaired) electrons. The highest BCUT2D eigenvalue weighted by Gasteiger charge is 2.19. The number of aliphatic hydroxyl groups excluding tert-OH is 2. The highest BCUT2D eigenvalue weighted by atomic mass is 16.3. The molecule has 0 aliphatic heterocycles. The van der Waals surface area contributed by atoms with Crippen molar-refractivity contribution in [3.05, 3.63) is 29.6 Å². The zero-order chi connectivity index (χ0) is 13.1. The van der Waals surface area contributed by atoms with Gasteiger partial charge in [-0.15, -0.1) is 0 Å². The molecule has 0 aromatic carbocycles.